The van der Waals surface area contributed by atoms with Crippen LogP contribution in [0.4, 0.5) is 5.69 Å². The van der Waals surface area contributed by atoms with Crippen LogP contribution in [0.5, 0.6) is 0 Å². The minimum absolute atomic E-state index is 0.117. The van der Waals surface area contributed by atoms with Crippen LogP contribution in [-0.4, -0.2) is 26.0 Å². The first-order valence-corrected chi connectivity index (χ1v) is 12.2. The van der Waals surface area contributed by atoms with Gasteiger partial charge in [-0.15, -0.1) is 5.10 Å². The fourth-order valence-corrected chi connectivity index (χ4v) is 6.91. The van der Waals surface area contributed by atoms with Crippen molar-refractivity contribution in [2.24, 2.45) is 23.2 Å². The molecule has 2 aromatic carbocycles. The van der Waals surface area contributed by atoms with Crippen molar-refractivity contribution in [1.82, 2.24) is 20.3 Å². The lowest BCUT2D eigenvalue weighted by molar-refractivity contribution is -0.144. The number of nitrogens with zero attached hydrogens (tertiary/aromatic N) is 3. The molecule has 4 bridgehead atoms. The zero-order chi connectivity index (χ0) is 22.4. The van der Waals surface area contributed by atoms with E-state index >= 15 is 0 Å². The summed E-state index contributed by atoms with van der Waals surface area (Å²) in [6.45, 7) is 0. The Hall–Kier alpha value is -3.06. The van der Waals surface area contributed by atoms with Crippen LogP contribution in [0.2, 0.25) is 0 Å². The Balaban J connectivity index is 1.12. The van der Waals surface area contributed by atoms with Gasteiger partial charge in [0.05, 0.1) is 23.0 Å². The van der Waals surface area contributed by atoms with Crippen LogP contribution >= 0.6 is 12.2 Å². The molecule has 1 aromatic heterocycles. The first-order chi connectivity index (χ1) is 16.1. The smallest absolute Gasteiger partial charge is 0.232 e. The zero-order valence-electron chi connectivity index (χ0n) is 18.4. The summed E-state index contributed by atoms with van der Waals surface area (Å²) >= 11 is 5.49. The van der Waals surface area contributed by atoms with Crippen molar-refractivity contribution >= 4 is 28.9 Å². The second-order valence-corrected chi connectivity index (χ2v) is 10.5. The molecule has 33 heavy (non-hydrogen) atoms. The molecular formula is C26H27N5OS. The maximum absolute atomic E-state index is 13.2. The normalized spacial score (nSPS) is 27.3. The highest BCUT2D eigenvalue weighted by Gasteiger charge is 2.54. The molecule has 7 heteroatoms. The van der Waals surface area contributed by atoms with E-state index in [1.54, 1.807) is 6.20 Å². The summed E-state index contributed by atoms with van der Waals surface area (Å²) < 4.78 is 1.81. The average Bonchev–Trinajstić information content (AvgIpc) is 3.29. The van der Waals surface area contributed by atoms with Crippen molar-refractivity contribution < 1.29 is 4.79 Å². The predicted molar refractivity (Wildman–Crippen MR) is 132 cm³/mol. The van der Waals surface area contributed by atoms with Crippen LogP contribution in [0.1, 0.15) is 38.5 Å². The lowest BCUT2D eigenvalue weighted by atomic mass is 9.49. The molecule has 0 aliphatic heterocycles. The summed E-state index contributed by atoms with van der Waals surface area (Å²) in [7, 11) is 0. The van der Waals surface area contributed by atoms with Crippen LogP contribution in [-0.2, 0) is 4.79 Å². The molecule has 4 aliphatic rings. The van der Waals surface area contributed by atoms with E-state index in [4.69, 9.17) is 12.2 Å². The van der Waals surface area contributed by atoms with Gasteiger partial charge >= 0.3 is 0 Å². The maximum Gasteiger partial charge on any atom is 0.232 e. The number of hydrogen-bond acceptors (Lipinski definition) is 4. The highest BCUT2D eigenvalue weighted by atomic mass is 32.1. The molecule has 0 radical (unpaired) electrons. The highest BCUT2D eigenvalue weighted by Crippen LogP contribution is 2.60. The molecule has 4 aliphatic carbocycles. The van der Waals surface area contributed by atoms with Crippen molar-refractivity contribution in [1.29, 1.82) is 0 Å². The molecular weight excluding hydrogens is 430 g/mol. The Kier molecular flexibility index (Phi) is 5.02. The Labute approximate surface area is 198 Å². The molecule has 0 atom stereocenters. The minimum atomic E-state index is -0.203. The Bertz CT molecular complexity index is 1150. The van der Waals surface area contributed by atoms with Gasteiger partial charge in [-0.05, 0) is 92.8 Å². The average molecular weight is 458 g/mol. The van der Waals surface area contributed by atoms with Gasteiger partial charge in [-0.1, -0.05) is 35.5 Å². The van der Waals surface area contributed by atoms with Gasteiger partial charge in [0.2, 0.25) is 5.91 Å². The summed E-state index contributed by atoms with van der Waals surface area (Å²) in [6.07, 6.45) is 8.81. The topological polar surface area (TPSA) is 71.8 Å². The number of nitrogens with one attached hydrogen (secondary N) is 2. The van der Waals surface area contributed by atoms with E-state index in [2.05, 4.69) is 20.9 Å². The number of amides is 1. The van der Waals surface area contributed by atoms with Gasteiger partial charge in [0.1, 0.15) is 0 Å². The lowest BCUT2D eigenvalue weighted by Gasteiger charge is -2.55. The van der Waals surface area contributed by atoms with Crippen LogP contribution in [0.15, 0.2) is 60.8 Å². The number of anilines is 1. The molecule has 3 aromatic rings. The second-order valence-electron chi connectivity index (χ2n) is 10.1. The standard InChI is InChI=1S/C26H27N5OS/c32-24(26-13-17-10-18(14-26)12-19(11-17)15-26)29-25(33)28-21-6-8-22(9-7-21)31-23(16-27-30-31)20-4-2-1-3-5-20/h1-9,16-19H,10-15H2,(H2,28,29,32,33). The third kappa shape index (κ3) is 3.84. The Morgan fingerprint density at radius 1 is 0.939 bits per heavy atom. The molecule has 4 saturated carbocycles. The van der Waals surface area contributed by atoms with Crippen molar-refractivity contribution in [2.45, 2.75) is 38.5 Å². The van der Waals surface area contributed by atoms with Crippen LogP contribution in [0, 0.1) is 23.2 Å². The molecule has 2 N–H and O–H groups in total. The van der Waals surface area contributed by atoms with Gasteiger partial charge in [0.15, 0.2) is 5.11 Å². The Morgan fingerprint density at radius 3 is 2.21 bits per heavy atom. The van der Waals surface area contributed by atoms with E-state index in [0.29, 0.717) is 5.11 Å². The van der Waals surface area contributed by atoms with Crippen molar-refractivity contribution in [3.05, 3.63) is 60.8 Å². The number of rotatable bonds is 4. The molecule has 7 rings (SSSR count). The monoisotopic (exact) mass is 457 g/mol. The SMILES string of the molecule is O=C(NC(=S)Nc1ccc(-n2nncc2-c2ccccc2)cc1)C12CC3CC(CC(C3)C1)C2. The highest BCUT2D eigenvalue weighted by molar-refractivity contribution is 7.80. The van der Waals surface area contributed by atoms with Crippen molar-refractivity contribution in [3.63, 3.8) is 0 Å². The van der Waals surface area contributed by atoms with E-state index in [0.717, 1.165) is 59.6 Å². The molecule has 1 amide bonds. The first-order valence-electron chi connectivity index (χ1n) is 11.8. The molecule has 0 saturated heterocycles. The number of thiocarbonyl (C=S) groups is 1. The van der Waals surface area contributed by atoms with Crippen LogP contribution in [0.25, 0.3) is 16.9 Å². The fraction of sp³-hybridized carbons (Fsp3) is 0.385. The largest absolute Gasteiger partial charge is 0.332 e. The number of hydrogen-bond donors (Lipinski definition) is 2. The van der Waals surface area contributed by atoms with Gasteiger partial charge in [0.25, 0.3) is 0 Å². The molecule has 4 fully saturated rings. The van der Waals surface area contributed by atoms with Crippen LogP contribution < -0.4 is 10.6 Å². The van der Waals surface area contributed by atoms with Gasteiger partial charge < -0.3 is 10.6 Å². The number of aromatic nitrogens is 3. The lowest BCUT2D eigenvalue weighted by Crippen LogP contribution is -2.55. The van der Waals surface area contributed by atoms with Crippen LogP contribution in [0.3, 0.4) is 0 Å². The van der Waals surface area contributed by atoms with Gasteiger partial charge in [-0.25, -0.2) is 4.68 Å². The summed E-state index contributed by atoms with van der Waals surface area (Å²) in [4.78, 5) is 13.2. The van der Waals surface area contributed by atoms with E-state index in [1.165, 1.54) is 19.3 Å². The van der Waals surface area contributed by atoms with E-state index in [9.17, 15) is 4.79 Å². The maximum atomic E-state index is 13.2. The summed E-state index contributed by atoms with van der Waals surface area (Å²) in [6, 6.07) is 17.9. The third-order valence-corrected chi connectivity index (χ3v) is 7.94. The molecule has 0 spiro atoms. The fourth-order valence-electron chi connectivity index (χ4n) is 6.70. The number of carbonyl (C=O) groups is 1. The molecule has 0 unspecified atom stereocenters. The number of benzene rings is 2. The summed E-state index contributed by atoms with van der Waals surface area (Å²) in [5, 5.41) is 14.9. The van der Waals surface area contributed by atoms with Gasteiger partial charge in [-0.3, -0.25) is 4.79 Å². The van der Waals surface area contributed by atoms with Crippen molar-refractivity contribution in [2.75, 3.05) is 5.32 Å². The summed E-state index contributed by atoms with van der Waals surface area (Å²) in [5.41, 5.74) is 3.51. The van der Waals surface area contributed by atoms with E-state index in [1.807, 2.05) is 59.3 Å². The molecule has 168 valence electrons. The number of carbonyl (C=O) groups excluding carboxylic acids is 1. The van der Waals surface area contributed by atoms with Gasteiger partial charge in [-0.2, -0.15) is 0 Å². The molecule has 1 heterocycles. The summed E-state index contributed by atoms with van der Waals surface area (Å²) in [5.74, 6) is 2.31. The van der Waals surface area contributed by atoms with Crippen molar-refractivity contribution in [3.8, 4) is 16.9 Å². The molecule has 6 nitrogen and oxygen atoms in total. The van der Waals surface area contributed by atoms with E-state index < -0.39 is 0 Å². The quantitative estimate of drug-likeness (QED) is 0.542. The Morgan fingerprint density at radius 2 is 1.58 bits per heavy atom. The van der Waals surface area contributed by atoms with Gasteiger partial charge in [0, 0.05) is 11.3 Å². The zero-order valence-corrected chi connectivity index (χ0v) is 19.2. The first kappa shape index (κ1) is 20.5. The minimum Gasteiger partial charge on any atom is -0.332 e. The van der Waals surface area contributed by atoms with E-state index in [-0.39, 0.29) is 11.3 Å². The second kappa shape index (κ2) is 8.06. The predicted octanol–water partition coefficient (Wildman–Crippen LogP) is 4.96. The third-order valence-electron chi connectivity index (χ3n) is 7.74.